The van der Waals surface area contributed by atoms with Crippen LogP contribution in [-0.2, 0) is 0 Å². The lowest BCUT2D eigenvalue weighted by Gasteiger charge is -2.13. The van der Waals surface area contributed by atoms with Crippen molar-refractivity contribution in [2.75, 3.05) is 13.4 Å². The quantitative estimate of drug-likeness (QED) is 0.421. The number of imidazole rings is 1. The van der Waals surface area contributed by atoms with Gasteiger partial charge in [-0.05, 0) is 18.4 Å². The standard InChI is InChI=1S/C16H13N5O2S/c1-23-12-6-4-3-5-11(12)21-14(22)10-9-18-15(24-2)19-13(10)20-8-7-17-16(20)21/h3-9H,1-2H3. The SMILES string of the molecule is COc1ccccc1-n1c(=O)c2cnc(SC)nc2n2ccnc12. The molecule has 0 aliphatic rings. The van der Waals surface area contributed by atoms with Crippen LogP contribution in [0, 0.1) is 0 Å². The fraction of sp³-hybridized carbons (Fsp3) is 0.125. The molecule has 0 atom stereocenters. The fourth-order valence-electron chi connectivity index (χ4n) is 2.66. The number of para-hydroxylation sites is 2. The molecule has 8 heteroatoms. The Labute approximate surface area is 141 Å². The Morgan fingerprint density at radius 3 is 2.83 bits per heavy atom. The molecule has 3 heterocycles. The van der Waals surface area contributed by atoms with E-state index in [1.165, 1.54) is 16.3 Å². The van der Waals surface area contributed by atoms with Gasteiger partial charge in [-0.15, -0.1) is 0 Å². The summed E-state index contributed by atoms with van der Waals surface area (Å²) in [5, 5.41) is 1.02. The molecule has 24 heavy (non-hydrogen) atoms. The average Bonchev–Trinajstić information content (AvgIpc) is 3.11. The Balaban J connectivity index is 2.18. The van der Waals surface area contributed by atoms with Crippen LogP contribution in [0.4, 0.5) is 0 Å². The lowest BCUT2D eigenvalue weighted by atomic mass is 10.2. The van der Waals surface area contributed by atoms with Gasteiger partial charge in [-0.25, -0.2) is 19.5 Å². The van der Waals surface area contributed by atoms with E-state index in [2.05, 4.69) is 15.0 Å². The van der Waals surface area contributed by atoms with Crippen LogP contribution in [-0.4, -0.2) is 37.3 Å². The molecule has 0 bridgehead atoms. The second kappa shape index (κ2) is 5.64. The van der Waals surface area contributed by atoms with Gasteiger partial charge in [0.05, 0.1) is 12.8 Å². The molecule has 0 N–H and O–H groups in total. The number of ether oxygens (including phenoxy) is 1. The molecule has 0 saturated heterocycles. The number of hydrogen-bond acceptors (Lipinski definition) is 6. The fourth-order valence-corrected chi connectivity index (χ4v) is 3.00. The first-order valence-electron chi connectivity index (χ1n) is 7.17. The molecule has 7 nitrogen and oxygen atoms in total. The summed E-state index contributed by atoms with van der Waals surface area (Å²) in [7, 11) is 1.57. The third-order valence-electron chi connectivity index (χ3n) is 3.74. The maximum atomic E-state index is 13.1. The third kappa shape index (κ3) is 2.07. The molecule has 4 aromatic rings. The van der Waals surface area contributed by atoms with Crippen LogP contribution in [0.1, 0.15) is 0 Å². The summed E-state index contributed by atoms with van der Waals surface area (Å²) in [4.78, 5) is 26.1. The Morgan fingerprint density at radius 1 is 1.21 bits per heavy atom. The van der Waals surface area contributed by atoms with E-state index in [4.69, 9.17) is 4.74 Å². The van der Waals surface area contributed by atoms with E-state index >= 15 is 0 Å². The van der Waals surface area contributed by atoms with Crippen molar-refractivity contribution in [3.05, 3.63) is 53.2 Å². The van der Waals surface area contributed by atoms with Gasteiger partial charge in [0.25, 0.3) is 5.56 Å². The Bertz CT molecular complexity index is 1120. The summed E-state index contributed by atoms with van der Waals surface area (Å²) >= 11 is 1.42. The molecule has 0 aliphatic heterocycles. The van der Waals surface area contributed by atoms with Crippen molar-refractivity contribution in [2.45, 2.75) is 5.16 Å². The number of methoxy groups -OCH3 is 1. The maximum absolute atomic E-state index is 13.1. The normalized spacial score (nSPS) is 11.2. The van der Waals surface area contributed by atoms with Crippen LogP contribution in [0.15, 0.2) is 52.8 Å². The summed E-state index contributed by atoms with van der Waals surface area (Å²) < 4.78 is 8.70. The van der Waals surface area contributed by atoms with E-state index < -0.39 is 0 Å². The van der Waals surface area contributed by atoms with Gasteiger partial charge in [0.1, 0.15) is 11.1 Å². The monoisotopic (exact) mass is 339 g/mol. The van der Waals surface area contributed by atoms with Gasteiger partial charge in [0.2, 0.25) is 5.78 Å². The molecule has 0 aliphatic carbocycles. The predicted octanol–water partition coefficient (Wildman–Crippen LogP) is 2.16. The highest BCUT2D eigenvalue weighted by atomic mass is 32.2. The topological polar surface area (TPSA) is 74.3 Å². The lowest BCUT2D eigenvalue weighted by Crippen LogP contribution is -2.23. The minimum Gasteiger partial charge on any atom is -0.495 e. The van der Waals surface area contributed by atoms with Crippen LogP contribution in [0.25, 0.3) is 22.5 Å². The van der Waals surface area contributed by atoms with Crippen LogP contribution in [0.3, 0.4) is 0 Å². The van der Waals surface area contributed by atoms with Gasteiger partial charge in [-0.3, -0.25) is 9.20 Å². The largest absolute Gasteiger partial charge is 0.495 e. The van der Waals surface area contributed by atoms with Crippen molar-refractivity contribution in [3.63, 3.8) is 0 Å². The number of thioether (sulfide) groups is 1. The van der Waals surface area contributed by atoms with Crippen molar-refractivity contribution >= 4 is 28.6 Å². The molecule has 0 saturated carbocycles. The van der Waals surface area contributed by atoms with Crippen molar-refractivity contribution < 1.29 is 4.74 Å². The molecular weight excluding hydrogens is 326 g/mol. The molecule has 0 unspecified atom stereocenters. The van der Waals surface area contributed by atoms with Gasteiger partial charge in [-0.2, -0.15) is 0 Å². The van der Waals surface area contributed by atoms with Gasteiger partial charge in [0.15, 0.2) is 10.8 Å². The Hall–Kier alpha value is -2.87. The van der Waals surface area contributed by atoms with E-state index in [-0.39, 0.29) is 5.56 Å². The smallest absolute Gasteiger partial charge is 0.270 e. The highest BCUT2D eigenvalue weighted by Crippen LogP contribution is 2.24. The lowest BCUT2D eigenvalue weighted by molar-refractivity contribution is 0.413. The Kier molecular flexibility index (Phi) is 3.46. The molecular formula is C16H13N5O2S. The third-order valence-corrected chi connectivity index (χ3v) is 4.30. The molecule has 3 aromatic heterocycles. The number of rotatable bonds is 3. The molecule has 4 rings (SSSR count). The second-order valence-electron chi connectivity index (χ2n) is 5.00. The van der Waals surface area contributed by atoms with Gasteiger partial charge in [0, 0.05) is 18.6 Å². The van der Waals surface area contributed by atoms with Crippen molar-refractivity contribution in [1.82, 2.24) is 23.9 Å². The summed E-state index contributed by atoms with van der Waals surface area (Å²) in [6.45, 7) is 0. The summed E-state index contributed by atoms with van der Waals surface area (Å²) in [5.41, 5.74) is 0.927. The summed E-state index contributed by atoms with van der Waals surface area (Å²) in [6.07, 6.45) is 6.87. The molecule has 0 spiro atoms. The zero-order valence-electron chi connectivity index (χ0n) is 13.0. The van der Waals surface area contributed by atoms with Crippen LogP contribution < -0.4 is 10.3 Å². The van der Waals surface area contributed by atoms with Crippen LogP contribution in [0.5, 0.6) is 5.75 Å². The van der Waals surface area contributed by atoms with E-state index in [1.807, 2.05) is 24.5 Å². The first-order chi connectivity index (χ1) is 11.7. The molecule has 1 aromatic carbocycles. The van der Waals surface area contributed by atoms with Gasteiger partial charge >= 0.3 is 0 Å². The first kappa shape index (κ1) is 14.7. The van der Waals surface area contributed by atoms with Crippen LogP contribution in [0.2, 0.25) is 0 Å². The van der Waals surface area contributed by atoms with E-state index in [9.17, 15) is 4.79 Å². The average molecular weight is 339 g/mol. The molecule has 0 fully saturated rings. The van der Waals surface area contributed by atoms with Crippen LogP contribution >= 0.6 is 11.8 Å². The predicted molar refractivity (Wildman–Crippen MR) is 92.2 cm³/mol. The highest BCUT2D eigenvalue weighted by Gasteiger charge is 2.17. The van der Waals surface area contributed by atoms with Crippen molar-refractivity contribution in [2.24, 2.45) is 0 Å². The zero-order chi connectivity index (χ0) is 16.7. The zero-order valence-corrected chi connectivity index (χ0v) is 13.8. The van der Waals surface area contributed by atoms with Crippen molar-refractivity contribution in [3.8, 4) is 11.4 Å². The summed E-state index contributed by atoms with van der Waals surface area (Å²) in [5.74, 6) is 1.06. The highest BCUT2D eigenvalue weighted by molar-refractivity contribution is 7.98. The molecule has 0 amide bonds. The van der Waals surface area contributed by atoms with Gasteiger partial charge < -0.3 is 4.74 Å². The second-order valence-corrected chi connectivity index (χ2v) is 5.78. The maximum Gasteiger partial charge on any atom is 0.270 e. The first-order valence-corrected chi connectivity index (χ1v) is 8.39. The summed E-state index contributed by atoms with van der Waals surface area (Å²) in [6, 6.07) is 7.32. The minimum absolute atomic E-state index is 0.235. The number of fused-ring (bicyclic) bond motifs is 3. The van der Waals surface area contributed by atoms with Gasteiger partial charge in [-0.1, -0.05) is 23.9 Å². The van der Waals surface area contributed by atoms with E-state index in [1.54, 1.807) is 36.2 Å². The minimum atomic E-state index is -0.235. The van der Waals surface area contributed by atoms with E-state index in [0.29, 0.717) is 33.4 Å². The number of hydrogen-bond donors (Lipinski definition) is 0. The van der Waals surface area contributed by atoms with E-state index in [0.717, 1.165) is 0 Å². The number of aromatic nitrogens is 5. The Morgan fingerprint density at radius 2 is 2.04 bits per heavy atom. The van der Waals surface area contributed by atoms with Crippen molar-refractivity contribution in [1.29, 1.82) is 0 Å². The molecule has 0 radical (unpaired) electrons. The number of benzene rings is 1. The molecule has 120 valence electrons. The number of nitrogens with zero attached hydrogens (tertiary/aromatic N) is 5.